The topological polar surface area (TPSA) is 109 Å². The van der Waals surface area contributed by atoms with Crippen molar-refractivity contribution in [2.24, 2.45) is 0 Å². The van der Waals surface area contributed by atoms with Crippen LogP contribution in [0.3, 0.4) is 0 Å². The zero-order valence-corrected chi connectivity index (χ0v) is 16.0. The van der Waals surface area contributed by atoms with E-state index in [1.807, 2.05) is 0 Å². The van der Waals surface area contributed by atoms with Crippen LogP contribution in [-0.4, -0.2) is 46.8 Å². The molecule has 1 atom stereocenters. The van der Waals surface area contributed by atoms with Crippen molar-refractivity contribution in [2.45, 2.75) is 25.8 Å². The first kappa shape index (κ1) is 20.0. The number of carbonyl (C=O) groups is 4. The lowest BCUT2D eigenvalue weighted by Crippen LogP contribution is -2.54. The monoisotopic (exact) mass is 396 g/mol. The number of anilines is 1. The Morgan fingerprint density at radius 2 is 1.97 bits per heavy atom. The molecule has 9 nitrogen and oxygen atoms in total. The predicted octanol–water partition coefficient (Wildman–Crippen LogP) is 1.31. The number of amides is 4. The largest absolute Gasteiger partial charge is 0.497 e. The van der Waals surface area contributed by atoms with Crippen molar-refractivity contribution in [1.29, 1.82) is 0 Å². The molecular formula is C20H20N4O5. The Bertz CT molecular complexity index is 930. The average Bonchev–Trinajstić information content (AvgIpc) is 3.05. The molecule has 0 radical (unpaired) electrons. The minimum absolute atomic E-state index is 0.0494. The van der Waals surface area contributed by atoms with Crippen LogP contribution in [0.25, 0.3) is 0 Å². The van der Waals surface area contributed by atoms with E-state index in [9.17, 15) is 19.2 Å². The van der Waals surface area contributed by atoms with Crippen molar-refractivity contribution in [3.05, 3.63) is 54.4 Å². The Hall–Kier alpha value is -3.75. The van der Waals surface area contributed by atoms with Crippen molar-refractivity contribution in [1.82, 2.24) is 15.4 Å². The second-order valence-corrected chi connectivity index (χ2v) is 6.29. The van der Waals surface area contributed by atoms with Crippen LogP contribution in [0.5, 0.6) is 5.75 Å². The molecule has 9 heteroatoms. The van der Waals surface area contributed by atoms with Crippen LogP contribution in [0.4, 0.5) is 5.69 Å². The third-order valence-corrected chi connectivity index (χ3v) is 4.48. The van der Waals surface area contributed by atoms with Gasteiger partial charge >= 0.3 is 0 Å². The molecule has 0 aliphatic carbocycles. The summed E-state index contributed by atoms with van der Waals surface area (Å²) in [4.78, 5) is 55.3. The zero-order chi connectivity index (χ0) is 21.0. The minimum Gasteiger partial charge on any atom is -0.497 e. The van der Waals surface area contributed by atoms with E-state index >= 15 is 0 Å². The van der Waals surface area contributed by atoms with E-state index in [1.54, 1.807) is 37.3 Å². The maximum Gasteiger partial charge on any atom is 0.271 e. The van der Waals surface area contributed by atoms with Gasteiger partial charge in [0.1, 0.15) is 11.8 Å². The maximum absolute atomic E-state index is 13.0. The van der Waals surface area contributed by atoms with Gasteiger partial charge in [-0.15, -0.1) is 0 Å². The average molecular weight is 396 g/mol. The summed E-state index contributed by atoms with van der Waals surface area (Å²) >= 11 is 0. The maximum atomic E-state index is 13.0. The summed E-state index contributed by atoms with van der Waals surface area (Å²) in [6.45, 7) is 1.61. The van der Waals surface area contributed by atoms with Crippen LogP contribution in [0, 0.1) is 0 Å². The number of nitrogens with one attached hydrogen (secondary N) is 1. The van der Waals surface area contributed by atoms with Crippen LogP contribution in [0.15, 0.2) is 48.8 Å². The van der Waals surface area contributed by atoms with Gasteiger partial charge in [0.15, 0.2) is 0 Å². The molecule has 150 valence electrons. The smallest absolute Gasteiger partial charge is 0.271 e. The Labute approximate surface area is 167 Å². The van der Waals surface area contributed by atoms with Crippen LogP contribution < -0.4 is 15.1 Å². The second-order valence-electron chi connectivity index (χ2n) is 6.29. The van der Waals surface area contributed by atoms with Crippen LogP contribution in [0.2, 0.25) is 0 Å². The number of imide groups is 1. The summed E-state index contributed by atoms with van der Waals surface area (Å²) < 4.78 is 5.08. The molecule has 29 heavy (non-hydrogen) atoms. The summed E-state index contributed by atoms with van der Waals surface area (Å²) in [5.41, 5.74) is 3.05. The highest BCUT2D eigenvalue weighted by atomic mass is 16.5. The van der Waals surface area contributed by atoms with Gasteiger partial charge in [-0.05, 0) is 36.4 Å². The van der Waals surface area contributed by atoms with Crippen LogP contribution in [0.1, 0.15) is 30.1 Å². The van der Waals surface area contributed by atoms with E-state index in [0.717, 1.165) is 9.91 Å². The molecule has 3 rings (SSSR count). The molecule has 0 saturated carbocycles. The number of hydrogen-bond acceptors (Lipinski definition) is 6. The first-order chi connectivity index (χ1) is 14.0. The van der Waals surface area contributed by atoms with E-state index in [2.05, 4.69) is 10.4 Å². The molecule has 2 heterocycles. The lowest BCUT2D eigenvalue weighted by molar-refractivity contribution is -0.140. The van der Waals surface area contributed by atoms with Gasteiger partial charge in [0.2, 0.25) is 11.8 Å². The highest BCUT2D eigenvalue weighted by Gasteiger charge is 2.45. The number of methoxy groups -OCH3 is 1. The fourth-order valence-corrected chi connectivity index (χ4v) is 2.98. The second kappa shape index (κ2) is 8.51. The number of nitrogens with zero attached hydrogens (tertiary/aromatic N) is 3. The molecular weight excluding hydrogens is 376 g/mol. The number of hydrogen-bond donors (Lipinski definition) is 1. The summed E-state index contributed by atoms with van der Waals surface area (Å²) in [5.74, 6) is -1.55. The van der Waals surface area contributed by atoms with E-state index < -0.39 is 29.7 Å². The molecule has 4 amide bonds. The van der Waals surface area contributed by atoms with Crippen molar-refractivity contribution in [3.8, 4) is 5.75 Å². The standard InChI is InChI=1S/C20H20N4O5/c1-3-17(25)24(22-19(27)13-5-4-10-21-12-13)16-11-18(26)23(20(16)28)14-6-8-15(29-2)9-7-14/h4-10,12,16H,3,11H2,1-2H3,(H,22,27). The Morgan fingerprint density at radius 1 is 1.24 bits per heavy atom. The first-order valence-corrected chi connectivity index (χ1v) is 9.00. The highest BCUT2D eigenvalue weighted by Crippen LogP contribution is 2.27. The van der Waals surface area contributed by atoms with Gasteiger partial charge in [-0.2, -0.15) is 0 Å². The first-order valence-electron chi connectivity index (χ1n) is 9.00. The van der Waals surface area contributed by atoms with Gasteiger partial charge < -0.3 is 4.74 Å². The van der Waals surface area contributed by atoms with Crippen molar-refractivity contribution >= 4 is 29.3 Å². The molecule has 1 unspecified atom stereocenters. The molecule has 1 aromatic carbocycles. The number of hydrazine groups is 1. The Balaban J connectivity index is 1.84. The van der Waals surface area contributed by atoms with Gasteiger partial charge in [0.25, 0.3) is 11.8 Å². The third kappa shape index (κ3) is 4.08. The van der Waals surface area contributed by atoms with Gasteiger partial charge in [-0.1, -0.05) is 6.92 Å². The van der Waals surface area contributed by atoms with E-state index in [-0.39, 0.29) is 18.4 Å². The van der Waals surface area contributed by atoms with Crippen LogP contribution in [-0.2, 0) is 14.4 Å². The molecule has 1 aliphatic rings. The molecule has 1 aliphatic heterocycles. The molecule has 0 bridgehead atoms. The minimum atomic E-state index is -1.13. The van der Waals surface area contributed by atoms with Crippen molar-refractivity contribution in [3.63, 3.8) is 0 Å². The fourth-order valence-electron chi connectivity index (χ4n) is 2.98. The third-order valence-electron chi connectivity index (χ3n) is 4.48. The summed E-state index contributed by atoms with van der Waals surface area (Å²) in [7, 11) is 1.51. The molecule has 1 saturated heterocycles. The van der Waals surface area contributed by atoms with Gasteiger partial charge in [-0.3, -0.25) is 29.6 Å². The molecule has 1 fully saturated rings. The number of ether oxygens (including phenoxy) is 1. The van der Waals surface area contributed by atoms with E-state index in [1.165, 1.54) is 25.6 Å². The lowest BCUT2D eigenvalue weighted by Gasteiger charge is -2.27. The van der Waals surface area contributed by atoms with Gasteiger partial charge in [0, 0.05) is 18.8 Å². The van der Waals surface area contributed by atoms with Gasteiger partial charge in [0.05, 0.1) is 24.8 Å². The fraction of sp³-hybridized carbons (Fsp3) is 0.250. The number of benzene rings is 1. The Kier molecular flexibility index (Phi) is 5.87. The van der Waals surface area contributed by atoms with Crippen molar-refractivity contribution in [2.75, 3.05) is 12.0 Å². The molecule has 1 aromatic heterocycles. The highest BCUT2D eigenvalue weighted by molar-refractivity contribution is 6.23. The van der Waals surface area contributed by atoms with E-state index in [0.29, 0.717) is 11.4 Å². The normalized spacial score (nSPS) is 15.9. The summed E-state index contributed by atoms with van der Waals surface area (Å²) in [6.07, 6.45) is 2.67. The number of rotatable bonds is 5. The lowest BCUT2D eigenvalue weighted by atomic mass is 10.2. The SMILES string of the molecule is CCC(=O)N(NC(=O)c1cccnc1)C1CC(=O)N(c2ccc(OC)cc2)C1=O. The predicted molar refractivity (Wildman–Crippen MR) is 103 cm³/mol. The summed E-state index contributed by atoms with van der Waals surface area (Å²) in [5, 5.41) is 0.944. The summed E-state index contributed by atoms with van der Waals surface area (Å²) in [6, 6.07) is 8.40. The molecule has 1 N–H and O–H groups in total. The number of pyridine rings is 1. The van der Waals surface area contributed by atoms with Crippen LogP contribution >= 0.6 is 0 Å². The Morgan fingerprint density at radius 3 is 2.55 bits per heavy atom. The zero-order valence-electron chi connectivity index (χ0n) is 16.0. The van der Waals surface area contributed by atoms with Gasteiger partial charge in [-0.25, -0.2) is 9.91 Å². The number of aromatic nitrogens is 1. The quantitative estimate of drug-likeness (QED) is 0.603. The molecule has 0 spiro atoms. The van der Waals surface area contributed by atoms with Crippen molar-refractivity contribution < 1.29 is 23.9 Å². The number of carbonyl (C=O) groups excluding carboxylic acids is 4. The van der Waals surface area contributed by atoms with E-state index in [4.69, 9.17) is 4.74 Å². The molecule has 2 aromatic rings.